The lowest BCUT2D eigenvalue weighted by Crippen LogP contribution is -2.61. The standard InChI is InChI=1S/C28H42N2O2/c31-25(30-28-14-20-8-21(15-28)10-22(9-20)16-28)23-1-3-24(4-2-23)29-26(32)27-11-17-5-18(12-27)7-19(6-17)13-27/h17-24H,1-16H2,(H,29,32)(H,30,31). The Morgan fingerprint density at radius 1 is 0.594 bits per heavy atom. The maximum absolute atomic E-state index is 13.4. The van der Waals surface area contributed by atoms with Gasteiger partial charge in [0.05, 0.1) is 0 Å². The fraction of sp³-hybridized carbons (Fsp3) is 0.929. The summed E-state index contributed by atoms with van der Waals surface area (Å²) in [4.78, 5) is 26.6. The highest BCUT2D eigenvalue weighted by atomic mass is 16.2. The molecule has 32 heavy (non-hydrogen) atoms. The predicted octanol–water partition coefficient (Wildman–Crippen LogP) is 4.96. The molecule has 4 nitrogen and oxygen atoms in total. The van der Waals surface area contributed by atoms with E-state index in [1.165, 1.54) is 57.8 Å². The molecule has 0 aromatic carbocycles. The summed E-state index contributed by atoms with van der Waals surface area (Å²) in [6, 6.07) is 0.291. The van der Waals surface area contributed by atoms with Crippen LogP contribution in [0, 0.1) is 46.8 Å². The van der Waals surface area contributed by atoms with E-state index in [1.54, 1.807) is 0 Å². The average Bonchev–Trinajstić information content (AvgIpc) is 2.72. The van der Waals surface area contributed by atoms with Gasteiger partial charge < -0.3 is 10.6 Å². The van der Waals surface area contributed by atoms with E-state index < -0.39 is 0 Å². The average molecular weight is 439 g/mol. The van der Waals surface area contributed by atoms with Gasteiger partial charge in [0.15, 0.2) is 0 Å². The van der Waals surface area contributed by atoms with Crippen LogP contribution in [0.25, 0.3) is 0 Å². The highest BCUT2D eigenvalue weighted by Gasteiger charge is 2.55. The van der Waals surface area contributed by atoms with E-state index in [9.17, 15) is 9.59 Å². The number of hydrogen-bond donors (Lipinski definition) is 2. The summed E-state index contributed by atoms with van der Waals surface area (Å²) in [7, 11) is 0. The molecule has 4 heteroatoms. The SMILES string of the molecule is O=C(NC12CC3CC(CC(C3)C1)C2)C1CCC(NC(=O)C23CC4CC(CC(C4)C2)C3)CC1. The molecule has 2 N–H and O–H groups in total. The molecule has 176 valence electrons. The van der Waals surface area contributed by atoms with Crippen molar-refractivity contribution < 1.29 is 9.59 Å². The van der Waals surface area contributed by atoms with Gasteiger partial charge in [-0.2, -0.15) is 0 Å². The van der Waals surface area contributed by atoms with Gasteiger partial charge in [0, 0.05) is 22.9 Å². The maximum atomic E-state index is 13.4. The molecule has 0 aromatic rings. The minimum absolute atomic E-state index is 0.0402. The topological polar surface area (TPSA) is 58.2 Å². The maximum Gasteiger partial charge on any atom is 0.226 e. The van der Waals surface area contributed by atoms with Crippen LogP contribution in [0.1, 0.15) is 103 Å². The van der Waals surface area contributed by atoms with Crippen molar-refractivity contribution in [3.8, 4) is 0 Å². The van der Waals surface area contributed by atoms with Crippen molar-refractivity contribution in [2.75, 3.05) is 0 Å². The number of rotatable bonds is 4. The fourth-order valence-corrected chi connectivity index (χ4v) is 10.9. The second kappa shape index (κ2) is 7.22. The largest absolute Gasteiger partial charge is 0.353 e. The molecule has 9 aliphatic carbocycles. The van der Waals surface area contributed by atoms with Crippen molar-refractivity contribution in [2.45, 2.75) is 114 Å². The Balaban J connectivity index is 0.935. The number of carbonyl (C=O) groups is 2. The Morgan fingerprint density at radius 2 is 1.03 bits per heavy atom. The molecule has 0 spiro atoms. The Kier molecular flexibility index (Phi) is 4.58. The van der Waals surface area contributed by atoms with E-state index in [4.69, 9.17) is 0 Å². The molecule has 0 radical (unpaired) electrons. The molecule has 0 heterocycles. The van der Waals surface area contributed by atoms with E-state index in [-0.39, 0.29) is 16.9 Å². The molecule has 9 saturated carbocycles. The van der Waals surface area contributed by atoms with Crippen molar-refractivity contribution in [1.29, 1.82) is 0 Å². The normalized spacial score (nSPS) is 52.8. The first-order chi connectivity index (χ1) is 15.5. The molecule has 2 amide bonds. The second-order valence-electron chi connectivity index (χ2n) is 13.9. The highest BCUT2D eigenvalue weighted by Crippen LogP contribution is 2.60. The first-order valence-corrected chi connectivity index (χ1v) is 14.1. The summed E-state index contributed by atoms with van der Waals surface area (Å²) in [6.07, 6.45) is 19.4. The van der Waals surface area contributed by atoms with E-state index in [0.717, 1.165) is 80.5 Å². The molecule has 0 atom stereocenters. The monoisotopic (exact) mass is 438 g/mol. The Bertz CT molecular complexity index is 725. The van der Waals surface area contributed by atoms with Crippen LogP contribution in [0.15, 0.2) is 0 Å². The lowest BCUT2D eigenvalue weighted by Gasteiger charge is -2.57. The lowest BCUT2D eigenvalue weighted by molar-refractivity contribution is -0.147. The first-order valence-electron chi connectivity index (χ1n) is 14.1. The molecule has 0 saturated heterocycles. The summed E-state index contributed by atoms with van der Waals surface area (Å²) < 4.78 is 0. The molecular formula is C28H42N2O2. The zero-order valence-corrected chi connectivity index (χ0v) is 19.7. The molecule has 0 aliphatic heterocycles. The minimum atomic E-state index is -0.0402. The molecular weight excluding hydrogens is 396 g/mol. The van der Waals surface area contributed by atoms with Crippen LogP contribution in [0.5, 0.6) is 0 Å². The summed E-state index contributed by atoms with van der Waals surface area (Å²) in [5, 5.41) is 7.10. The minimum Gasteiger partial charge on any atom is -0.353 e. The number of nitrogens with one attached hydrogen (secondary N) is 2. The van der Waals surface area contributed by atoms with Gasteiger partial charge >= 0.3 is 0 Å². The van der Waals surface area contributed by atoms with Gasteiger partial charge in [0.2, 0.25) is 11.8 Å². The quantitative estimate of drug-likeness (QED) is 0.651. The van der Waals surface area contributed by atoms with Crippen molar-refractivity contribution >= 4 is 11.8 Å². The number of amides is 2. The third-order valence-electron chi connectivity index (χ3n) is 11.4. The Labute approximate surface area is 193 Å². The molecule has 8 bridgehead atoms. The molecule has 0 unspecified atom stereocenters. The third kappa shape index (κ3) is 3.36. The number of carbonyl (C=O) groups excluding carboxylic acids is 2. The summed E-state index contributed by atoms with van der Waals surface area (Å²) in [5.74, 6) is 5.93. The van der Waals surface area contributed by atoms with Crippen LogP contribution >= 0.6 is 0 Å². The highest BCUT2D eigenvalue weighted by molar-refractivity contribution is 5.83. The molecule has 9 fully saturated rings. The van der Waals surface area contributed by atoms with Gasteiger partial charge in [-0.1, -0.05) is 0 Å². The van der Waals surface area contributed by atoms with Crippen LogP contribution in [0.2, 0.25) is 0 Å². The van der Waals surface area contributed by atoms with Gasteiger partial charge in [0.1, 0.15) is 0 Å². The van der Waals surface area contributed by atoms with Crippen LogP contribution in [-0.4, -0.2) is 23.4 Å². The first kappa shape index (κ1) is 20.3. The van der Waals surface area contributed by atoms with Gasteiger partial charge in [-0.05, 0) is 138 Å². The molecule has 9 rings (SSSR count). The van der Waals surface area contributed by atoms with Gasteiger partial charge in [-0.15, -0.1) is 0 Å². The Hall–Kier alpha value is -1.06. The van der Waals surface area contributed by atoms with Crippen molar-refractivity contribution in [3.05, 3.63) is 0 Å². The van der Waals surface area contributed by atoms with E-state index in [2.05, 4.69) is 10.6 Å². The van der Waals surface area contributed by atoms with Crippen molar-refractivity contribution in [3.63, 3.8) is 0 Å². The second-order valence-corrected chi connectivity index (χ2v) is 13.9. The van der Waals surface area contributed by atoms with Gasteiger partial charge in [-0.25, -0.2) is 0 Å². The summed E-state index contributed by atoms with van der Waals surface area (Å²) in [5.41, 5.74) is 0.0941. The number of hydrogen-bond acceptors (Lipinski definition) is 2. The smallest absolute Gasteiger partial charge is 0.226 e. The zero-order valence-electron chi connectivity index (χ0n) is 19.7. The van der Waals surface area contributed by atoms with E-state index >= 15 is 0 Å². The van der Waals surface area contributed by atoms with Crippen molar-refractivity contribution in [1.82, 2.24) is 10.6 Å². The lowest BCUT2D eigenvalue weighted by atomic mass is 9.49. The summed E-state index contributed by atoms with van der Waals surface area (Å²) in [6.45, 7) is 0. The van der Waals surface area contributed by atoms with Crippen LogP contribution in [-0.2, 0) is 9.59 Å². The van der Waals surface area contributed by atoms with Gasteiger partial charge in [0.25, 0.3) is 0 Å². The van der Waals surface area contributed by atoms with Crippen LogP contribution < -0.4 is 10.6 Å². The van der Waals surface area contributed by atoms with Gasteiger partial charge in [-0.3, -0.25) is 9.59 Å². The predicted molar refractivity (Wildman–Crippen MR) is 124 cm³/mol. The third-order valence-corrected chi connectivity index (χ3v) is 11.4. The Morgan fingerprint density at radius 3 is 1.50 bits per heavy atom. The molecule has 9 aliphatic rings. The van der Waals surface area contributed by atoms with Crippen molar-refractivity contribution in [2.24, 2.45) is 46.8 Å². The fourth-order valence-electron chi connectivity index (χ4n) is 10.9. The zero-order chi connectivity index (χ0) is 21.5. The summed E-state index contributed by atoms with van der Waals surface area (Å²) >= 11 is 0. The van der Waals surface area contributed by atoms with Crippen LogP contribution in [0.3, 0.4) is 0 Å². The van der Waals surface area contributed by atoms with Crippen LogP contribution in [0.4, 0.5) is 0 Å². The molecule has 0 aromatic heterocycles. The van der Waals surface area contributed by atoms with E-state index in [1.807, 2.05) is 0 Å². The van der Waals surface area contributed by atoms with E-state index in [0.29, 0.717) is 17.9 Å².